The normalized spacial score (nSPS) is 19.0. The Morgan fingerprint density at radius 3 is 2.11 bits per heavy atom. The first kappa shape index (κ1) is 19.4. The monoisotopic (exact) mass is 371 g/mol. The van der Waals surface area contributed by atoms with Crippen LogP contribution >= 0.6 is 0 Å². The molecule has 0 aromatic heterocycles. The van der Waals surface area contributed by atoms with Crippen LogP contribution in [0.15, 0.2) is 24.3 Å². The average Bonchev–Trinajstić information content (AvgIpc) is 3.21. The van der Waals surface area contributed by atoms with Crippen molar-refractivity contribution >= 4 is 17.7 Å². The number of carbonyl (C=O) groups excluding carboxylic acids is 3. The van der Waals surface area contributed by atoms with E-state index < -0.39 is 6.04 Å². The molecule has 6 heteroatoms. The Morgan fingerprint density at radius 1 is 0.963 bits per heavy atom. The summed E-state index contributed by atoms with van der Waals surface area (Å²) in [7, 11) is 0. The molecule has 2 fully saturated rings. The summed E-state index contributed by atoms with van der Waals surface area (Å²) in [5.41, 5.74) is 1.66. The molecule has 2 heterocycles. The van der Waals surface area contributed by atoms with Crippen LogP contribution in [-0.2, 0) is 9.59 Å². The minimum atomic E-state index is -0.522. The van der Waals surface area contributed by atoms with Crippen LogP contribution in [0.5, 0.6) is 0 Å². The van der Waals surface area contributed by atoms with Crippen molar-refractivity contribution in [2.75, 3.05) is 26.2 Å². The zero-order valence-electron chi connectivity index (χ0n) is 16.2. The molecule has 0 spiro atoms. The molecule has 2 saturated heterocycles. The Hall–Kier alpha value is -2.37. The molecule has 0 unspecified atom stereocenters. The van der Waals surface area contributed by atoms with Crippen molar-refractivity contribution in [3.05, 3.63) is 35.4 Å². The molecule has 3 rings (SSSR count). The standard InChI is InChI=1S/C21H29N3O3/c1-15-5-7-18(8-6-15)20(26)22-19(21(27)24-11-3-4-12-24)17-9-13-23(14-10-17)16(2)25/h5-8,17,19H,3-4,9-14H2,1-2H3,(H,22,26)/t19-/m1/s1. The molecule has 6 nitrogen and oxygen atoms in total. The molecule has 2 aliphatic heterocycles. The molecule has 1 N–H and O–H groups in total. The number of benzene rings is 1. The van der Waals surface area contributed by atoms with Crippen molar-refractivity contribution in [2.45, 2.75) is 45.6 Å². The number of carbonyl (C=O) groups is 3. The third-order valence-electron chi connectivity index (χ3n) is 5.74. The van der Waals surface area contributed by atoms with Gasteiger partial charge in [-0.25, -0.2) is 0 Å². The van der Waals surface area contributed by atoms with Crippen LogP contribution in [0.25, 0.3) is 0 Å². The van der Waals surface area contributed by atoms with Crippen LogP contribution in [0.1, 0.15) is 48.5 Å². The highest BCUT2D eigenvalue weighted by molar-refractivity contribution is 5.97. The van der Waals surface area contributed by atoms with Gasteiger partial charge in [-0.05, 0) is 50.7 Å². The van der Waals surface area contributed by atoms with Crippen LogP contribution in [0, 0.1) is 12.8 Å². The van der Waals surface area contributed by atoms with Crippen LogP contribution in [0.3, 0.4) is 0 Å². The van der Waals surface area contributed by atoms with Crippen molar-refractivity contribution < 1.29 is 14.4 Å². The summed E-state index contributed by atoms with van der Waals surface area (Å²) in [4.78, 5) is 41.1. The molecule has 2 aliphatic rings. The van der Waals surface area contributed by atoms with Crippen molar-refractivity contribution in [3.8, 4) is 0 Å². The second-order valence-corrected chi connectivity index (χ2v) is 7.69. The van der Waals surface area contributed by atoms with E-state index in [4.69, 9.17) is 0 Å². The van der Waals surface area contributed by atoms with Crippen molar-refractivity contribution in [2.24, 2.45) is 5.92 Å². The zero-order chi connectivity index (χ0) is 19.4. The predicted molar refractivity (Wildman–Crippen MR) is 103 cm³/mol. The van der Waals surface area contributed by atoms with E-state index in [1.54, 1.807) is 19.1 Å². The summed E-state index contributed by atoms with van der Waals surface area (Å²) < 4.78 is 0. The quantitative estimate of drug-likeness (QED) is 0.880. The minimum Gasteiger partial charge on any atom is -0.343 e. The van der Waals surface area contributed by atoms with Crippen LogP contribution < -0.4 is 5.32 Å². The fraction of sp³-hybridized carbons (Fsp3) is 0.571. The fourth-order valence-corrected chi connectivity index (χ4v) is 3.99. The van der Waals surface area contributed by atoms with E-state index in [0.717, 1.165) is 44.3 Å². The Labute approximate surface area is 160 Å². The van der Waals surface area contributed by atoms with Gasteiger partial charge < -0.3 is 15.1 Å². The van der Waals surface area contributed by atoms with Gasteiger partial charge in [-0.1, -0.05) is 17.7 Å². The van der Waals surface area contributed by atoms with Gasteiger partial charge in [0.1, 0.15) is 6.04 Å². The summed E-state index contributed by atoms with van der Waals surface area (Å²) in [6, 6.07) is 6.86. The Bertz CT molecular complexity index is 687. The number of aryl methyl sites for hydroxylation is 1. The molecule has 1 aromatic carbocycles. The van der Waals surface area contributed by atoms with Gasteiger partial charge in [0.15, 0.2) is 0 Å². The Morgan fingerprint density at radius 2 is 1.56 bits per heavy atom. The van der Waals surface area contributed by atoms with E-state index in [9.17, 15) is 14.4 Å². The first-order valence-corrected chi connectivity index (χ1v) is 9.87. The van der Waals surface area contributed by atoms with Crippen LogP contribution in [-0.4, -0.2) is 59.7 Å². The predicted octanol–water partition coefficient (Wildman–Crippen LogP) is 1.97. The summed E-state index contributed by atoms with van der Waals surface area (Å²) in [6.07, 6.45) is 3.51. The van der Waals surface area contributed by atoms with E-state index in [2.05, 4.69) is 5.32 Å². The number of nitrogens with one attached hydrogen (secondary N) is 1. The second-order valence-electron chi connectivity index (χ2n) is 7.69. The van der Waals surface area contributed by atoms with Crippen LogP contribution in [0.4, 0.5) is 0 Å². The number of amides is 3. The fourth-order valence-electron chi connectivity index (χ4n) is 3.99. The van der Waals surface area contributed by atoms with Crippen molar-refractivity contribution in [1.82, 2.24) is 15.1 Å². The van der Waals surface area contributed by atoms with Gasteiger partial charge in [-0.15, -0.1) is 0 Å². The summed E-state index contributed by atoms with van der Waals surface area (Å²) in [6.45, 7) is 6.37. The van der Waals surface area contributed by atoms with E-state index in [1.165, 1.54) is 0 Å². The van der Waals surface area contributed by atoms with Gasteiger partial charge in [0.2, 0.25) is 11.8 Å². The van der Waals surface area contributed by atoms with E-state index >= 15 is 0 Å². The maximum atomic E-state index is 13.1. The van der Waals surface area contributed by atoms with E-state index in [1.807, 2.05) is 28.9 Å². The number of piperidine rings is 1. The lowest BCUT2D eigenvalue weighted by molar-refractivity contribution is -0.134. The molecule has 0 saturated carbocycles. The van der Waals surface area contributed by atoms with Gasteiger partial charge >= 0.3 is 0 Å². The zero-order valence-corrected chi connectivity index (χ0v) is 16.2. The molecular formula is C21H29N3O3. The molecule has 146 valence electrons. The van der Waals surface area contributed by atoms with E-state index in [0.29, 0.717) is 18.7 Å². The van der Waals surface area contributed by atoms with Crippen molar-refractivity contribution in [1.29, 1.82) is 0 Å². The molecule has 3 amide bonds. The van der Waals surface area contributed by atoms with Gasteiger partial charge in [-0.2, -0.15) is 0 Å². The highest BCUT2D eigenvalue weighted by Gasteiger charge is 2.36. The SMILES string of the molecule is CC(=O)N1CCC([C@@H](NC(=O)c2ccc(C)cc2)C(=O)N2CCCC2)CC1. The van der Waals surface area contributed by atoms with Crippen LogP contribution in [0.2, 0.25) is 0 Å². The number of nitrogens with zero attached hydrogens (tertiary/aromatic N) is 2. The summed E-state index contributed by atoms with van der Waals surface area (Å²) in [5.74, 6) is -0.0570. The Kier molecular flexibility index (Phi) is 6.14. The summed E-state index contributed by atoms with van der Waals surface area (Å²) >= 11 is 0. The summed E-state index contributed by atoms with van der Waals surface area (Å²) in [5, 5.41) is 3.01. The third kappa shape index (κ3) is 4.67. The highest BCUT2D eigenvalue weighted by Crippen LogP contribution is 2.24. The number of hydrogen-bond donors (Lipinski definition) is 1. The lowest BCUT2D eigenvalue weighted by atomic mass is 9.88. The molecule has 0 radical (unpaired) electrons. The first-order chi connectivity index (χ1) is 13.0. The first-order valence-electron chi connectivity index (χ1n) is 9.87. The number of likely N-dealkylation sites (tertiary alicyclic amines) is 2. The van der Waals surface area contributed by atoms with Crippen molar-refractivity contribution in [3.63, 3.8) is 0 Å². The maximum Gasteiger partial charge on any atom is 0.251 e. The topological polar surface area (TPSA) is 69.7 Å². The Balaban J connectivity index is 1.73. The molecule has 1 aromatic rings. The maximum absolute atomic E-state index is 13.1. The average molecular weight is 371 g/mol. The molecule has 27 heavy (non-hydrogen) atoms. The minimum absolute atomic E-state index is 0.0224. The smallest absolute Gasteiger partial charge is 0.251 e. The van der Waals surface area contributed by atoms with Gasteiger partial charge in [-0.3, -0.25) is 14.4 Å². The second kappa shape index (κ2) is 8.55. The molecule has 0 aliphatic carbocycles. The largest absolute Gasteiger partial charge is 0.343 e. The van der Waals surface area contributed by atoms with E-state index in [-0.39, 0.29) is 23.6 Å². The highest BCUT2D eigenvalue weighted by atomic mass is 16.2. The van der Waals surface area contributed by atoms with Gasteiger partial charge in [0.25, 0.3) is 5.91 Å². The lowest BCUT2D eigenvalue weighted by Crippen LogP contribution is -2.54. The van der Waals surface area contributed by atoms with Gasteiger partial charge in [0, 0.05) is 38.7 Å². The number of rotatable bonds is 4. The lowest BCUT2D eigenvalue weighted by Gasteiger charge is -2.36. The third-order valence-corrected chi connectivity index (χ3v) is 5.74. The number of hydrogen-bond acceptors (Lipinski definition) is 3. The molecule has 0 bridgehead atoms. The molecule has 1 atom stereocenters. The molecular weight excluding hydrogens is 342 g/mol. The van der Waals surface area contributed by atoms with Gasteiger partial charge in [0.05, 0.1) is 0 Å².